The Kier molecular flexibility index (Phi) is 5.23. The van der Waals surface area contributed by atoms with Crippen molar-refractivity contribution in [3.05, 3.63) is 53.1 Å². The zero-order valence-electron chi connectivity index (χ0n) is 16.6. The molecular weight excluding hydrogens is 405 g/mol. The Morgan fingerprint density at radius 1 is 1.17 bits per heavy atom. The van der Waals surface area contributed by atoms with Gasteiger partial charge in [-0.1, -0.05) is 35.5 Å². The lowest BCUT2D eigenvalue weighted by molar-refractivity contribution is -0.0535. The number of nitrogens with zero attached hydrogens (tertiary/aromatic N) is 3. The van der Waals surface area contributed by atoms with Crippen molar-refractivity contribution in [1.29, 1.82) is 0 Å². The minimum Gasteiger partial charge on any atom is -0.302 e. The molecule has 154 valence electrons. The summed E-state index contributed by atoms with van der Waals surface area (Å²) in [5.74, 6) is 4.24. The molecule has 0 unspecified atom stereocenters. The minimum absolute atomic E-state index is 0.309. The Balaban J connectivity index is 1.35. The van der Waals surface area contributed by atoms with E-state index in [1.807, 2.05) is 6.08 Å². The number of thioether (sulfide) groups is 1. The molecule has 0 radical (unpaired) electrons. The molecule has 1 aromatic carbocycles. The number of benzene rings is 1. The second kappa shape index (κ2) is 7.73. The first-order valence-corrected chi connectivity index (χ1v) is 12.0. The average molecular weight is 432 g/mol. The van der Waals surface area contributed by atoms with Crippen molar-refractivity contribution in [1.82, 2.24) is 14.8 Å². The van der Waals surface area contributed by atoms with Crippen molar-refractivity contribution in [3.63, 3.8) is 0 Å². The van der Waals surface area contributed by atoms with E-state index in [-0.39, 0.29) is 5.82 Å². The van der Waals surface area contributed by atoms with Gasteiger partial charge >= 0.3 is 0 Å². The molecule has 4 aliphatic rings. The van der Waals surface area contributed by atoms with Gasteiger partial charge in [0.25, 0.3) is 0 Å². The van der Waals surface area contributed by atoms with E-state index < -0.39 is 0 Å². The molecule has 6 rings (SSSR count). The van der Waals surface area contributed by atoms with Crippen LogP contribution in [-0.2, 0) is 18.7 Å². The normalized spacial score (nSPS) is 30.1. The summed E-state index contributed by atoms with van der Waals surface area (Å²) in [6, 6.07) is 4.56. The van der Waals surface area contributed by atoms with Gasteiger partial charge in [-0.25, -0.2) is 4.39 Å². The number of hydrogen-bond acceptors (Lipinski definition) is 3. The maximum absolute atomic E-state index is 13.3. The molecule has 0 aliphatic heterocycles. The monoisotopic (exact) mass is 431 g/mol. The lowest BCUT2D eigenvalue weighted by Gasteiger charge is -2.56. The van der Waals surface area contributed by atoms with Gasteiger partial charge in [0.1, 0.15) is 11.6 Å². The van der Waals surface area contributed by atoms with Crippen molar-refractivity contribution >= 4 is 23.4 Å². The van der Waals surface area contributed by atoms with Crippen LogP contribution >= 0.6 is 23.4 Å². The summed E-state index contributed by atoms with van der Waals surface area (Å²) < 4.78 is 15.5. The lowest BCUT2D eigenvalue weighted by Crippen LogP contribution is -2.47. The van der Waals surface area contributed by atoms with Gasteiger partial charge in [0.05, 0.1) is 0 Å². The molecule has 4 aliphatic carbocycles. The van der Waals surface area contributed by atoms with Crippen LogP contribution in [0.5, 0.6) is 0 Å². The third-order valence-corrected chi connectivity index (χ3v) is 8.54. The first-order valence-electron chi connectivity index (χ1n) is 10.6. The third kappa shape index (κ3) is 3.88. The van der Waals surface area contributed by atoms with Crippen LogP contribution in [0.2, 0.25) is 5.02 Å². The molecule has 2 aromatic rings. The van der Waals surface area contributed by atoms with Gasteiger partial charge in [-0.05, 0) is 79.4 Å². The summed E-state index contributed by atoms with van der Waals surface area (Å²) in [5.41, 5.74) is 1.34. The third-order valence-electron chi connectivity index (χ3n) is 7.18. The van der Waals surface area contributed by atoms with E-state index in [1.54, 1.807) is 17.8 Å². The molecule has 0 N–H and O–H groups in total. The molecule has 4 bridgehead atoms. The Morgan fingerprint density at radius 2 is 1.86 bits per heavy atom. The second-order valence-corrected chi connectivity index (χ2v) is 10.8. The Labute approximate surface area is 181 Å². The van der Waals surface area contributed by atoms with Crippen LogP contribution in [-0.4, -0.2) is 14.8 Å². The van der Waals surface area contributed by atoms with E-state index in [2.05, 4.69) is 21.3 Å². The van der Waals surface area contributed by atoms with Crippen molar-refractivity contribution in [2.45, 2.75) is 62.4 Å². The number of allylic oxidation sites excluding steroid dienone is 1. The van der Waals surface area contributed by atoms with Crippen LogP contribution in [0, 0.1) is 29.0 Å². The van der Waals surface area contributed by atoms with Gasteiger partial charge < -0.3 is 4.57 Å². The van der Waals surface area contributed by atoms with E-state index in [0.29, 0.717) is 22.7 Å². The molecule has 1 aromatic heterocycles. The quantitative estimate of drug-likeness (QED) is 0.380. The molecule has 6 heteroatoms. The number of aromatic nitrogens is 3. The zero-order chi connectivity index (χ0) is 20.0. The molecule has 0 spiro atoms. The molecular formula is C23H27ClFN3S. The summed E-state index contributed by atoms with van der Waals surface area (Å²) in [6.45, 7) is 4.65. The van der Waals surface area contributed by atoms with Gasteiger partial charge in [0.2, 0.25) is 0 Å². The predicted octanol–water partition coefficient (Wildman–Crippen LogP) is 6.31. The number of rotatable bonds is 7. The van der Waals surface area contributed by atoms with E-state index in [1.165, 1.54) is 50.7 Å². The molecule has 29 heavy (non-hydrogen) atoms. The van der Waals surface area contributed by atoms with Crippen LogP contribution in [0.25, 0.3) is 0 Å². The summed E-state index contributed by atoms with van der Waals surface area (Å²) in [4.78, 5) is 0. The molecule has 3 nitrogen and oxygen atoms in total. The highest BCUT2D eigenvalue weighted by Crippen LogP contribution is 2.61. The highest BCUT2D eigenvalue weighted by Gasteiger charge is 2.51. The summed E-state index contributed by atoms with van der Waals surface area (Å²) in [6.07, 6.45) is 11.4. The molecule has 4 saturated carbocycles. The minimum atomic E-state index is -0.309. The van der Waals surface area contributed by atoms with E-state index in [0.717, 1.165) is 40.7 Å². The smallest absolute Gasteiger partial charge is 0.191 e. The fourth-order valence-corrected chi connectivity index (χ4v) is 7.78. The topological polar surface area (TPSA) is 30.7 Å². The lowest BCUT2D eigenvalue weighted by atomic mass is 9.49. The highest BCUT2D eigenvalue weighted by atomic mass is 35.5. The highest BCUT2D eigenvalue weighted by molar-refractivity contribution is 7.98. The standard InChI is InChI=1S/C23H27ClFN3S/c1-2-5-28-21(13-23-10-15-6-16(11-23)8-17(7-15)12-23)26-27-22(28)29-14-18-3-4-19(25)9-20(18)24/h2-4,9,15-17H,1,5-8,10-14H2. The fourth-order valence-electron chi connectivity index (χ4n) is 6.49. The Hall–Kier alpha value is -1.33. The molecule has 0 atom stereocenters. The van der Waals surface area contributed by atoms with Crippen molar-refractivity contribution in [3.8, 4) is 0 Å². The summed E-state index contributed by atoms with van der Waals surface area (Å²) in [7, 11) is 0. The van der Waals surface area contributed by atoms with Crippen molar-refractivity contribution < 1.29 is 4.39 Å². The Bertz CT molecular complexity index is 890. The van der Waals surface area contributed by atoms with E-state index >= 15 is 0 Å². The van der Waals surface area contributed by atoms with Crippen LogP contribution in [0.15, 0.2) is 36.0 Å². The fraction of sp³-hybridized carbons (Fsp3) is 0.565. The van der Waals surface area contributed by atoms with Crippen molar-refractivity contribution in [2.75, 3.05) is 0 Å². The molecule has 4 fully saturated rings. The van der Waals surface area contributed by atoms with Gasteiger partial charge in [0, 0.05) is 23.7 Å². The second-order valence-electron chi connectivity index (χ2n) is 9.42. The Morgan fingerprint density at radius 3 is 2.48 bits per heavy atom. The summed E-state index contributed by atoms with van der Waals surface area (Å²) in [5, 5.41) is 10.5. The van der Waals surface area contributed by atoms with Crippen LogP contribution in [0.4, 0.5) is 4.39 Å². The van der Waals surface area contributed by atoms with Crippen LogP contribution in [0.1, 0.15) is 49.9 Å². The number of hydrogen-bond donors (Lipinski definition) is 0. The first-order chi connectivity index (χ1) is 14.0. The van der Waals surface area contributed by atoms with Gasteiger partial charge in [0.15, 0.2) is 5.16 Å². The maximum atomic E-state index is 13.3. The maximum Gasteiger partial charge on any atom is 0.191 e. The molecule has 0 amide bonds. The average Bonchev–Trinajstić information content (AvgIpc) is 3.01. The zero-order valence-corrected chi connectivity index (χ0v) is 18.2. The van der Waals surface area contributed by atoms with E-state index in [9.17, 15) is 4.39 Å². The number of halogens is 2. The van der Waals surface area contributed by atoms with Crippen LogP contribution in [0.3, 0.4) is 0 Å². The van der Waals surface area contributed by atoms with Crippen molar-refractivity contribution in [2.24, 2.45) is 23.2 Å². The van der Waals surface area contributed by atoms with Gasteiger partial charge in [-0.3, -0.25) is 0 Å². The van der Waals surface area contributed by atoms with Gasteiger partial charge in [-0.15, -0.1) is 16.8 Å². The molecule has 0 saturated heterocycles. The van der Waals surface area contributed by atoms with Gasteiger partial charge in [-0.2, -0.15) is 0 Å². The SMILES string of the molecule is C=CCn1c(CC23CC4CC(CC(C4)C2)C3)nnc1SCc1ccc(F)cc1Cl. The largest absolute Gasteiger partial charge is 0.302 e. The summed E-state index contributed by atoms with van der Waals surface area (Å²) >= 11 is 7.80. The van der Waals surface area contributed by atoms with E-state index in [4.69, 9.17) is 11.6 Å². The first kappa shape index (κ1) is 19.6. The predicted molar refractivity (Wildman–Crippen MR) is 115 cm³/mol. The van der Waals surface area contributed by atoms with Crippen LogP contribution < -0.4 is 0 Å². The molecule has 1 heterocycles.